The van der Waals surface area contributed by atoms with Crippen molar-refractivity contribution < 1.29 is 23.0 Å². The minimum atomic E-state index is -2.50. The summed E-state index contributed by atoms with van der Waals surface area (Å²) in [5, 5.41) is 0. The Hall–Kier alpha value is -2.15. The molecule has 28 heavy (non-hydrogen) atoms. The number of halogens is 3. The predicted octanol–water partition coefficient (Wildman–Crippen LogP) is 5.81. The van der Waals surface area contributed by atoms with Gasteiger partial charge in [-0.25, -0.2) is 13.6 Å². The molecule has 1 heterocycles. The van der Waals surface area contributed by atoms with Gasteiger partial charge in [-0.3, -0.25) is 0 Å². The fourth-order valence-electron chi connectivity index (χ4n) is 3.07. The summed E-state index contributed by atoms with van der Waals surface area (Å²) in [5.74, 6) is 0.856. The summed E-state index contributed by atoms with van der Waals surface area (Å²) in [4.78, 5) is 13.9. The lowest BCUT2D eigenvalue weighted by atomic mass is 9.98. The van der Waals surface area contributed by atoms with Crippen molar-refractivity contribution >= 4 is 22.0 Å². The maximum absolute atomic E-state index is 12.7. The molecular formula is C21H22BrF2NO3. The van der Waals surface area contributed by atoms with Crippen molar-refractivity contribution in [1.82, 2.24) is 4.90 Å². The zero-order valence-corrected chi connectivity index (χ0v) is 16.9. The van der Waals surface area contributed by atoms with Crippen LogP contribution in [0.15, 0.2) is 53.0 Å². The van der Waals surface area contributed by atoms with Crippen LogP contribution in [0.5, 0.6) is 5.75 Å². The number of carbonyl (C=O) groups is 1. The molecule has 0 aliphatic carbocycles. The summed E-state index contributed by atoms with van der Waals surface area (Å²) >= 11 is 3.28. The first kappa shape index (κ1) is 20.6. The number of hydrogen-bond donors (Lipinski definition) is 0. The smallest absolute Gasteiger partial charge is 0.410 e. The molecule has 0 bridgehead atoms. The highest BCUT2D eigenvalue weighted by molar-refractivity contribution is 9.10. The second kappa shape index (κ2) is 9.87. The Morgan fingerprint density at radius 1 is 1.14 bits per heavy atom. The molecule has 1 amide bonds. The first-order chi connectivity index (χ1) is 13.5. The Morgan fingerprint density at radius 2 is 1.86 bits per heavy atom. The van der Waals surface area contributed by atoms with Gasteiger partial charge in [-0.2, -0.15) is 0 Å². The second-order valence-corrected chi connectivity index (χ2v) is 7.63. The fraction of sp³-hybridized carbons (Fsp3) is 0.381. The van der Waals surface area contributed by atoms with Crippen molar-refractivity contribution in [3.05, 3.63) is 64.1 Å². The summed E-state index contributed by atoms with van der Waals surface area (Å²) in [6, 6.07) is 13.9. The molecule has 0 radical (unpaired) electrons. The van der Waals surface area contributed by atoms with E-state index in [0.29, 0.717) is 35.8 Å². The van der Waals surface area contributed by atoms with Gasteiger partial charge in [0.2, 0.25) is 0 Å². The summed E-state index contributed by atoms with van der Waals surface area (Å²) in [7, 11) is 0. The number of hydrogen-bond acceptors (Lipinski definition) is 3. The lowest BCUT2D eigenvalue weighted by Gasteiger charge is -2.31. The van der Waals surface area contributed by atoms with Crippen molar-refractivity contribution in [2.75, 3.05) is 19.7 Å². The monoisotopic (exact) mass is 453 g/mol. The summed E-state index contributed by atoms with van der Waals surface area (Å²) < 4.78 is 37.1. The van der Waals surface area contributed by atoms with Crippen LogP contribution in [-0.2, 0) is 11.3 Å². The summed E-state index contributed by atoms with van der Waals surface area (Å²) in [5.41, 5.74) is 0.920. The van der Waals surface area contributed by atoms with E-state index in [9.17, 15) is 13.6 Å². The third kappa shape index (κ3) is 5.67. The van der Waals surface area contributed by atoms with Crippen LogP contribution in [0.25, 0.3) is 0 Å². The highest BCUT2D eigenvalue weighted by Gasteiger charge is 2.24. The number of ether oxygens (including phenoxy) is 2. The Kier molecular flexibility index (Phi) is 7.25. The van der Waals surface area contributed by atoms with Gasteiger partial charge in [0.05, 0.1) is 11.1 Å². The van der Waals surface area contributed by atoms with E-state index in [-0.39, 0.29) is 18.3 Å². The van der Waals surface area contributed by atoms with Crippen LogP contribution >= 0.6 is 15.9 Å². The molecule has 1 saturated heterocycles. The van der Waals surface area contributed by atoms with E-state index in [1.54, 1.807) is 11.0 Å². The molecule has 4 nitrogen and oxygen atoms in total. The summed E-state index contributed by atoms with van der Waals surface area (Å²) in [6.07, 6.45) is -1.18. The largest absolute Gasteiger partial charge is 0.492 e. The minimum Gasteiger partial charge on any atom is -0.492 e. The Bertz CT molecular complexity index is 780. The molecule has 0 unspecified atom stereocenters. The molecular weight excluding hydrogens is 432 g/mol. The molecule has 1 fully saturated rings. The number of amides is 1. The number of likely N-dealkylation sites (tertiary alicyclic amines) is 1. The highest BCUT2D eigenvalue weighted by Crippen LogP contribution is 2.31. The van der Waals surface area contributed by atoms with Crippen LogP contribution in [0.2, 0.25) is 0 Å². The number of benzene rings is 2. The molecule has 2 aromatic carbocycles. The van der Waals surface area contributed by atoms with Crippen LogP contribution in [-0.4, -0.2) is 30.7 Å². The van der Waals surface area contributed by atoms with E-state index in [0.717, 1.165) is 18.4 Å². The average molecular weight is 454 g/mol. The van der Waals surface area contributed by atoms with Gasteiger partial charge in [0.1, 0.15) is 12.4 Å². The average Bonchev–Trinajstić information content (AvgIpc) is 2.72. The normalized spacial score (nSPS) is 14.9. The number of piperidine rings is 1. The quantitative estimate of drug-likeness (QED) is 0.553. The summed E-state index contributed by atoms with van der Waals surface area (Å²) in [6.45, 7) is 1.99. The number of carbonyl (C=O) groups excluding carboxylic acids is 1. The number of alkyl halides is 2. The molecule has 0 saturated carbocycles. The minimum absolute atomic E-state index is 0.0402. The van der Waals surface area contributed by atoms with Crippen molar-refractivity contribution in [2.24, 2.45) is 5.92 Å². The Labute approximate surface area is 171 Å². The molecule has 3 rings (SSSR count). The molecule has 1 aliphatic rings. The predicted molar refractivity (Wildman–Crippen MR) is 106 cm³/mol. The lowest BCUT2D eigenvalue weighted by molar-refractivity contribution is 0.0760. The van der Waals surface area contributed by atoms with Crippen LogP contribution < -0.4 is 4.74 Å². The molecule has 0 atom stereocenters. The molecule has 150 valence electrons. The molecule has 0 spiro atoms. The second-order valence-electron chi connectivity index (χ2n) is 6.77. The number of rotatable bonds is 6. The third-order valence-corrected chi connectivity index (χ3v) is 5.38. The standard InChI is InChI=1S/C21H22BrF2NO3/c22-18-12-17(20(23)24)6-7-19(18)27-13-16-8-10-25(11-9-16)21(26)28-14-15-4-2-1-3-5-15/h1-7,12,16,20H,8-11,13-14H2. The van der Waals surface area contributed by atoms with Gasteiger partial charge in [0, 0.05) is 18.7 Å². The van der Waals surface area contributed by atoms with E-state index in [2.05, 4.69) is 15.9 Å². The van der Waals surface area contributed by atoms with Gasteiger partial charge in [-0.1, -0.05) is 30.3 Å². The molecule has 7 heteroatoms. The van der Waals surface area contributed by atoms with E-state index in [4.69, 9.17) is 9.47 Å². The van der Waals surface area contributed by atoms with Crippen LogP contribution in [0, 0.1) is 5.92 Å². The van der Waals surface area contributed by atoms with Gasteiger partial charge in [0.25, 0.3) is 6.43 Å². The maximum atomic E-state index is 12.7. The van der Waals surface area contributed by atoms with Gasteiger partial charge < -0.3 is 14.4 Å². The SMILES string of the molecule is O=C(OCc1ccccc1)N1CCC(COc2ccc(C(F)F)cc2Br)CC1. The topological polar surface area (TPSA) is 38.8 Å². The van der Waals surface area contributed by atoms with Gasteiger partial charge in [0.15, 0.2) is 0 Å². The van der Waals surface area contributed by atoms with E-state index >= 15 is 0 Å². The Balaban J connectivity index is 1.41. The molecule has 2 aromatic rings. The van der Waals surface area contributed by atoms with Crippen molar-refractivity contribution in [3.8, 4) is 5.75 Å². The first-order valence-electron chi connectivity index (χ1n) is 9.19. The van der Waals surface area contributed by atoms with Gasteiger partial charge >= 0.3 is 6.09 Å². The van der Waals surface area contributed by atoms with Crippen molar-refractivity contribution in [3.63, 3.8) is 0 Å². The van der Waals surface area contributed by atoms with Gasteiger partial charge in [-0.05, 0) is 58.5 Å². The fourth-order valence-corrected chi connectivity index (χ4v) is 3.58. The molecule has 0 aromatic heterocycles. The van der Waals surface area contributed by atoms with Crippen LogP contribution in [0.4, 0.5) is 13.6 Å². The zero-order valence-electron chi connectivity index (χ0n) is 15.3. The molecule has 1 aliphatic heterocycles. The van der Waals surface area contributed by atoms with Crippen molar-refractivity contribution in [2.45, 2.75) is 25.9 Å². The Morgan fingerprint density at radius 3 is 2.50 bits per heavy atom. The van der Waals surface area contributed by atoms with Crippen LogP contribution in [0.3, 0.4) is 0 Å². The maximum Gasteiger partial charge on any atom is 0.410 e. The van der Waals surface area contributed by atoms with Gasteiger partial charge in [-0.15, -0.1) is 0 Å². The van der Waals surface area contributed by atoms with Crippen molar-refractivity contribution in [1.29, 1.82) is 0 Å². The van der Waals surface area contributed by atoms with E-state index in [1.165, 1.54) is 12.1 Å². The zero-order chi connectivity index (χ0) is 19.9. The van der Waals surface area contributed by atoms with E-state index < -0.39 is 6.43 Å². The lowest BCUT2D eigenvalue weighted by Crippen LogP contribution is -2.40. The first-order valence-corrected chi connectivity index (χ1v) is 9.98. The number of nitrogens with zero attached hydrogens (tertiary/aromatic N) is 1. The van der Waals surface area contributed by atoms with Crippen LogP contribution in [0.1, 0.15) is 30.4 Å². The third-order valence-electron chi connectivity index (χ3n) is 4.76. The highest BCUT2D eigenvalue weighted by atomic mass is 79.9. The van der Waals surface area contributed by atoms with E-state index in [1.807, 2.05) is 30.3 Å². The molecule has 0 N–H and O–H groups in total.